The number of nitrogen functional groups attached to an aromatic ring is 1. The molecule has 0 heterocycles. The molecule has 0 aliphatic heterocycles. The smallest absolute Gasteiger partial charge is 0.152 e. The summed E-state index contributed by atoms with van der Waals surface area (Å²) in [6.07, 6.45) is 9.67. The summed E-state index contributed by atoms with van der Waals surface area (Å²) < 4.78 is 0. The third kappa shape index (κ3) is 5.03. The van der Waals surface area contributed by atoms with E-state index in [1.807, 2.05) is 18.2 Å². The van der Waals surface area contributed by atoms with Gasteiger partial charge in [-0.3, -0.25) is 4.79 Å². The summed E-state index contributed by atoms with van der Waals surface area (Å²) in [6.45, 7) is 2.23. The van der Waals surface area contributed by atoms with Gasteiger partial charge in [0.05, 0.1) is 0 Å². The van der Waals surface area contributed by atoms with Crippen LogP contribution >= 0.6 is 0 Å². The summed E-state index contributed by atoms with van der Waals surface area (Å²) in [6, 6.07) is 5.76. The molecular weight excluding hydrogens is 210 g/mol. The predicted octanol–water partition coefficient (Wildman–Crippen LogP) is 3.98. The van der Waals surface area contributed by atoms with E-state index in [9.17, 15) is 4.79 Å². The predicted molar refractivity (Wildman–Crippen MR) is 73.3 cm³/mol. The van der Waals surface area contributed by atoms with Gasteiger partial charge < -0.3 is 5.73 Å². The van der Waals surface area contributed by atoms with E-state index in [4.69, 9.17) is 5.73 Å². The number of rotatable bonds is 8. The lowest BCUT2D eigenvalue weighted by molar-refractivity contribution is 0.112. The molecule has 1 aromatic rings. The first-order valence-corrected chi connectivity index (χ1v) is 6.61. The molecule has 0 radical (unpaired) electrons. The fraction of sp³-hybridized carbons (Fsp3) is 0.533. The molecule has 0 aromatic heterocycles. The van der Waals surface area contributed by atoms with Crippen molar-refractivity contribution in [3.63, 3.8) is 0 Å². The molecule has 1 rings (SSSR count). The lowest BCUT2D eigenvalue weighted by Gasteiger charge is -2.04. The second-order valence-corrected chi connectivity index (χ2v) is 4.60. The van der Waals surface area contributed by atoms with Gasteiger partial charge in [-0.15, -0.1) is 0 Å². The Labute approximate surface area is 104 Å². The second kappa shape index (κ2) is 7.88. The maximum absolute atomic E-state index is 10.7. The number of benzene rings is 1. The third-order valence-electron chi connectivity index (χ3n) is 3.10. The van der Waals surface area contributed by atoms with Crippen LogP contribution in [0.15, 0.2) is 18.2 Å². The minimum atomic E-state index is 0.576. The highest BCUT2D eigenvalue weighted by Crippen LogP contribution is 2.15. The normalized spacial score (nSPS) is 10.4. The van der Waals surface area contributed by atoms with E-state index in [-0.39, 0.29) is 0 Å². The summed E-state index contributed by atoms with van der Waals surface area (Å²) >= 11 is 0. The summed E-state index contributed by atoms with van der Waals surface area (Å²) in [7, 11) is 0. The molecule has 0 unspecified atom stereocenters. The van der Waals surface area contributed by atoms with Crippen LogP contribution in [-0.4, -0.2) is 6.29 Å². The van der Waals surface area contributed by atoms with Crippen molar-refractivity contribution in [3.05, 3.63) is 29.3 Å². The molecule has 0 saturated carbocycles. The van der Waals surface area contributed by atoms with Crippen LogP contribution < -0.4 is 5.73 Å². The summed E-state index contributed by atoms with van der Waals surface area (Å²) in [5.41, 5.74) is 8.09. The standard InChI is InChI=1S/C15H23NO/c1-2-3-4-5-6-7-8-13-9-10-15(16)14(11-13)12-17/h9-12H,2-8,16H2,1H3. The Morgan fingerprint density at radius 2 is 1.82 bits per heavy atom. The Hall–Kier alpha value is -1.31. The Morgan fingerprint density at radius 1 is 1.12 bits per heavy atom. The van der Waals surface area contributed by atoms with Gasteiger partial charge in [0, 0.05) is 11.3 Å². The molecule has 0 bridgehead atoms. The van der Waals surface area contributed by atoms with Crippen molar-refractivity contribution in [2.45, 2.75) is 51.9 Å². The number of unbranched alkanes of at least 4 members (excludes halogenated alkanes) is 5. The van der Waals surface area contributed by atoms with Crippen molar-refractivity contribution in [3.8, 4) is 0 Å². The number of aryl methyl sites for hydroxylation is 1. The van der Waals surface area contributed by atoms with Crippen LogP contribution in [-0.2, 0) is 6.42 Å². The van der Waals surface area contributed by atoms with E-state index in [1.54, 1.807) is 0 Å². The zero-order chi connectivity index (χ0) is 12.5. The monoisotopic (exact) mass is 233 g/mol. The summed E-state index contributed by atoms with van der Waals surface area (Å²) in [5.74, 6) is 0. The van der Waals surface area contributed by atoms with E-state index in [0.29, 0.717) is 11.3 Å². The molecule has 0 amide bonds. The fourth-order valence-corrected chi connectivity index (χ4v) is 1.99. The Kier molecular flexibility index (Phi) is 6.38. The van der Waals surface area contributed by atoms with Crippen LogP contribution in [0.4, 0.5) is 5.69 Å². The van der Waals surface area contributed by atoms with E-state index >= 15 is 0 Å². The van der Waals surface area contributed by atoms with E-state index in [2.05, 4.69) is 6.92 Å². The van der Waals surface area contributed by atoms with Gasteiger partial charge in [-0.1, -0.05) is 45.1 Å². The topological polar surface area (TPSA) is 43.1 Å². The van der Waals surface area contributed by atoms with Gasteiger partial charge in [0.25, 0.3) is 0 Å². The van der Waals surface area contributed by atoms with E-state index in [0.717, 1.165) is 12.7 Å². The zero-order valence-corrected chi connectivity index (χ0v) is 10.7. The van der Waals surface area contributed by atoms with Gasteiger partial charge >= 0.3 is 0 Å². The molecule has 17 heavy (non-hydrogen) atoms. The number of carbonyl (C=O) groups excluding carboxylic acids is 1. The summed E-state index contributed by atoms with van der Waals surface area (Å²) in [4.78, 5) is 10.7. The number of anilines is 1. The number of carbonyl (C=O) groups is 1. The quantitative estimate of drug-likeness (QED) is 0.419. The molecule has 94 valence electrons. The van der Waals surface area contributed by atoms with Crippen molar-refractivity contribution >= 4 is 12.0 Å². The number of hydrogen-bond acceptors (Lipinski definition) is 2. The third-order valence-corrected chi connectivity index (χ3v) is 3.10. The molecule has 1 aromatic carbocycles. The number of aldehydes is 1. The Balaban J connectivity index is 2.29. The lowest BCUT2D eigenvalue weighted by atomic mass is 10.0. The molecule has 2 nitrogen and oxygen atoms in total. The van der Waals surface area contributed by atoms with Crippen molar-refractivity contribution in [1.29, 1.82) is 0 Å². The van der Waals surface area contributed by atoms with Crippen LogP contribution in [0.3, 0.4) is 0 Å². The number of hydrogen-bond donors (Lipinski definition) is 1. The molecule has 2 heteroatoms. The molecule has 0 aliphatic carbocycles. The van der Waals surface area contributed by atoms with Gasteiger partial charge in [0.1, 0.15) is 0 Å². The molecular formula is C15H23NO. The van der Waals surface area contributed by atoms with E-state index < -0.39 is 0 Å². The minimum Gasteiger partial charge on any atom is -0.398 e. The largest absolute Gasteiger partial charge is 0.398 e. The SMILES string of the molecule is CCCCCCCCc1ccc(N)c(C=O)c1. The zero-order valence-electron chi connectivity index (χ0n) is 10.7. The average Bonchev–Trinajstić information content (AvgIpc) is 2.35. The van der Waals surface area contributed by atoms with Crippen LogP contribution in [0, 0.1) is 0 Å². The molecule has 0 saturated heterocycles. The maximum Gasteiger partial charge on any atom is 0.152 e. The molecule has 0 spiro atoms. The first-order valence-electron chi connectivity index (χ1n) is 6.61. The maximum atomic E-state index is 10.7. The van der Waals surface area contributed by atoms with Crippen molar-refractivity contribution in [2.75, 3.05) is 5.73 Å². The van der Waals surface area contributed by atoms with Crippen LogP contribution in [0.25, 0.3) is 0 Å². The molecule has 0 aliphatic rings. The van der Waals surface area contributed by atoms with Crippen molar-refractivity contribution in [1.82, 2.24) is 0 Å². The molecule has 2 N–H and O–H groups in total. The van der Waals surface area contributed by atoms with Gasteiger partial charge in [-0.2, -0.15) is 0 Å². The van der Waals surface area contributed by atoms with Crippen LogP contribution in [0.1, 0.15) is 61.4 Å². The average molecular weight is 233 g/mol. The van der Waals surface area contributed by atoms with Crippen LogP contribution in [0.2, 0.25) is 0 Å². The van der Waals surface area contributed by atoms with Crippen LogP contribution in [0.5, 0.6) is 0 Å². The highest BCUT2D eigenvalue weighted by molar-refractivity contribution is 5.83. The highest BCUT2D eigenvalue weighted by Gasteiger charge is 2.00. The van der Waals surface area contributed by atoms with Crippen molar-refractivity contribution < 1.29 is 4.79 Å². The molecule has 0 atom stereocenters. The first kappa shape index (κ1) is 13.8. The summed E-state index contributed by atoms with van der Waals surface area (Å²) in [5, 5.41) is 0. The second-order valence-electron chi connectivity index (χ2n) is 4.60. The number of nitrogens with two attached hydrogens (primary N) is 1. The van der Waals surface area contributed by atoms with Gasteiger partial charge in [0.2, 0.25) is 0 Å². The first-order chi connectivity index (χ1) is 8.27. The van der Waals surface area contributed by atoms with E-state index in [1.165, 1.54) is 44.1 Å². The Bertz CT molecular complexity index is 347. The van der Waals surface area contributed by atoms with Gasteiger partial charge in [-0.05, 0) is 30.5 Å². The lowest BCUT2D eigenvalue weighted by Crippen LogP contribution is -1.95. The Morgan fingerprint density at radius 3 is 2.53 bits per heavy atom. The minimum absolute atomic E-state index is 0.576. The van der Waals surface area contributed by atoms with Gasteiger partial charge in [-0.25, -0.2) is 0 Å². The molecule has 0 fully saturated rings. The fourth-order valence-electron chi connectivity index (χ4n) is 1.99. The van der Waals surface area contributed by atoms with Crippen molar-refractivity contribution in [2.24, 2.45) is 0 Å². The van der Waals surface area contributed by atoms with Gasteiger partial charge in [0.15, 0.2) is 6.29 Å². The highest BCUT2D eigenvalue weighted by atomic mass is 16.1.